The van der Waals surface area contributed by atoms with Gasteiger partial charge in [-0.05, 0) is 13.3 Å². The summed E-state index contributed by atoms with van der Waals surface area (Å²) in [6, 6.07) is -0.663. The topological polar surface area (TPSA) is 61.5 Å². The van der Waals surface area contributed by atoms with E-state index >= 15 is 0 Å². The number of methoxy groups -OCH3 is 1. The molecule has 0 spiro atoms. The fourth-order valence-electron chi connectivity index (χ4n) is 0.999. The Bertz CT molecular complexity index is 150. The van der Waals surface area contributed by atoms with Crippen LogP contribution in [0.3, 0.4) is 0 Å². The summed E-state index contributed by atoms with van der Waals surface area (Å²) in [5, 5.41) is 0. The van der Waals surface area contributed by atoms with Crippen LogP contribution in [0.2, 0.25) is 0 Å². The Hall–Kier alpha value is -0.610. The van der Waals surface area contributed by atoms with Crippen molar-refractivity contribution in [1.29, 1.82) is 0 Å². The summed E-state index contributed by atoms with van der Waals surface area (Å²) in [5.74, 6) is -0.386. The summed E-state index contributed by atoms with van der Waals surface area (Å²) in [5.41, 5.74) is 5.47. The second-order valence-corrected chi connectivity index (χ2v) is 3.10. The van der Waals surface area contributed by atoms with Gasteiger partial charge in [0.15, 0.2) is 0 Å². The van der Waals surface area contributed by atoms with Crippen LogP contribution >= 0.6 is 0 Å². The van der Waals surface area contributed by atoms with E-state index in [4.69, 9.17) is 15.2 Å². The fraction of sp³-hybridized carbons (Fsp3) is 0.889. The van der Waals surface area contributed by atoms with E-state index < -0.39 is 6.04 Å². The molecule has 2 N–H and O–H groups in total. The van der Waals surface area contributed by atoms with Crippen molar-refractivity contribution >= 4 is 5.97 Å². The summed E-state index contributed by atoms with van der Waals surface area (Å²) in [6.07, 6.45) is 1.81. The minimum Gasteiger partial charge on any atom is -0.461 e. The van der Waals surface area contributed by atoms with Gasteiger partial charge in [0.25, 0.3) is 0 Å². The molecule has 13 heavy (non-hydrogen) atoms. The van der Waals surface area contributed by atoms with Gasteiger partial charge in [0, 0.05) is 7.11 Å². The summed E-state index contributed by atoms with van der Waals surface area (Å²) in [4.78, 5) is 11.2. The first-order chi connectivity index (χ1) is 6.11. The average Bonchev–Trinajstić information content (AvgIpc) is 2.05. The molecule has 0 radical (unpaired) electrons. The standard InChI is InChI=1S/C9H19NO3/c1-4-5-7(2)13-9(11)8(10)6-12-3/h7-8H,4-6,10H2,1-3H3. The van der Waals surface area contributed by atoms with Crippen molar-refractivity contribution in [3.8, 4) is 0 Å². The molecule has 0 saturated heterocycles. The molecule has 4 nitrogen and oxygen atoms in total. The quantitative estimate of drug-likeness (QED) is 0.624. The van der Waals surface area contributed by atoms with Crippen molar-refractivity contribution in [3.63, 3.8) is 0 Å². The molecular formula is C9H19NO3. The van der Waals surface area contributed by atoms with Crippen molar-refractivity contribution in [3.05, 3.63) is 0 Å². The van der Waals surface area contributed by atoms with Crippen molar-refractivity contribution in [2.24, 2.45) is 5.73 Å². The molecule has 0 saturated carbocycles. The Morgan fingerprint density at radius 3 is 2.62 bits per heavy atom. The zero-order valence-electron chi connectivity index (χ0n) is 8.58. The van der Waals surface area contributed by atoms with Gasteiger partial charge in [-0.1, -0.05) is 13.3 Å². The molecular weight excluding hydrogens is 170 g/mol. The highest BCUT2D eigenvalue weighted by molar-refractivity contribution is 5.75. The number of hydrogen-bond acceptors (Lipinski definition) is 4. The SMILES string of the molecule is CCCC(C)OC(=O)C(N)COC. The van der Waals surface area contributed by atoms with Crippen molar-refractivity contribution < 1.29 is 14.3 Å². The maximum atomic E-state index is 11.2. The van der Waals surface area contributed by atoms with Gasteiger partial charge in [-0.3, -0.25) is 4.79 Å². The van der Waals surface area contributed by atoms with Crippen LogP contribution in [0, 0.1) is 0 Å². The molecule has 0 bridgehead atoms. The molecule has 0 aromatic heterocycles. The van der Waals surface area contributed by atoms with Gasteiger partial charge in [0.2, 0.25) is 0 Å². The molecule has 0 aromatic carbocycles. The normalized spacial score (nSPS) is 15.1. The van der Waals surface area contributed by atoms with Gasteiger partial charge in [-0.15, -0.1) is 0 Å². The fourth-order valence-corrected chi connectivity index (χ4v) is 0.999. The molecule has 0 heterocycles. The van der Waals surface area contributed by atoms with Crippen LogP contribution in [-0.4, -0.2) is 31.8 Å². The van der Waals surface area contributed by atoms with Gasteiger partial charge < -0.3 is 15.2 Å². The average molecular weight is 189 g/mol. The minimum absolute atomic E-state index is 0.0552. The highest BCUT2D eigenvalue weighted by Gasteiger charge is 2.16. The van der Waals surface area contributed by atoms with Crippen LogP contribution in [0.1, 0.15) is 26.7 Å². The van der Waals surface area contributed by atoms with Crippen molar-refractivity contribution in [2.75, 3.05) is 13.7 Å². The third-order valence-corrected chi connectivity index (χ3v) is 1.66. The smallest absolute Gasteiger partial charge is 0.325 e. The Morgan fingerprint density at radius 2 is 2.15 bits per heavy atom. The van der Waals surface area contributed by atoms with Gasteiger partial charge >= 0.3 is 5.97 Å². The Kier molecular flexibility index (Phi) is 6.54. The first-order valence-corrected chi connectivity index (χ1v) is 4.56. The largest absolute Gasteiger partial charge is 0.461 e. The molecule has 2 atom stereocenters. The first kappa shape index (κ1) is 12.4. The number of carbonyl (C=O) groups is 1. The lowest BCUT2D eigenvalue weighted by molar-refractivity contribution is -0.151. The Morgan fingerprint density at radius 1 is 1.54 bits per heavy atom. The number of esters is 1. The lowest BCUT2D eigenvalue weighted by Gasteiger charge is -2.15. The maximum Gasteiger partial charge on any atom is 0.325 e. The van der Waals surface area contributed by atoms with Crippen LogP contribution in [0.25, 0.3) is 0 Å². The van der Waals surface area contributed by atoms with E-state index in [2.05, 4.69) is 0 Å². The lowest BCUT2D eigenvalue weighted by Crippen LogP contribution is -2.37. The van der Waals surface area contributed by atoms with Gasteiger partial charge in [0.1, 0.15) is 6.04 Å². The third-order valence-electron chi connectivity index (χ3n) is 1.66. The van der Waals surface area contributed by atoms with Crippen molar-refractivity contribution in [2.45, 2.75) is 38.8 Å². The Labute approximate surface area is 79.4 Å². The Balaban J connectivity index is 3.71. The molecule has 0 fully saturated rings. The van der Waals surface area contributed by atoms with Crippen LogP contribution in [-0.2, 0) is 14.3 Å². The zero-order valence-corrected chi connectivity index (χ0v) is 8.58. The van der Waals surface area contributed by atoms with E-state index in [1.165, 1.54) is 7.11 Å². The summed E-state index contributed by atoms with van der Waals surface area (Å²) >= 11 is 0. The predicted molar refractivity (Wildman–Crippen MR) is 50.3 cm³/mol. The van der Waals surface area contributed by atoms with Crippen LogP contribution < -0.4 is 5.73 Å². The number of ether oxygens (including phenoxy) is 2. The lowest BCUT2D eigenvalue weighted by atomic mass is 10.2. The number of nitrogens with two attached hydrogens (primary N) is 1. The highest BCUT2D eigenvalue weighted by atomic mass is 16.5. The van der Waals surface area contributed by atoms with Gasteiger partial charge in [-0.2, -0.15) is 0 Å². The van der Waals surface area contributed by atoms with E-state index in [9.17, 15) is 4.79 Å². The van der Waals surface area contributed by atoms with E-state index in [0.29, 0.717) is 0 Å². The van der Waals surface area contributed by atoms with Gasteiger partial charge in [0.05, 0.1) is 12.7 Å². The van der Waals surface area contributed by atoms with Crippen molar-refractivity contribution in [1.82, 2.24) is 0 Å². The monoisotopic (exact) mass is 189 g/mol. The van der Waals surface area contributed by atoms with Crippen LogP contribution in [0.5, 0.6) is 0 Å². The second-order valence-electron chi connectivity index (χ2n) is 3.10. The number of carbonyl (C=O) groups excluding carboxylic acids is 1. The predicted octanol–water partition coefficient (Wildman–Crippen LogP) is 0.692. The maximum absolute atomic E-state index is 11.2. The first-order valence-electron chi connectivity index (χ1n) is 4.56. The summed E-state index contributed by atoms with van der Waals surface area (Å²) in [6.45, 7) is 4.11. The number of hydrogen-bond donors (Lipinski definition) is 1. The third kappa shape index (κ3) is 5.60. The number of rotatable bonds is 6. The summed E-state index contributed by atoms with van der Waals surface area (Å²) in [7, 11) is 1.50. The molecule has 0 amide bonds. The molecule has 78 valence electrons. The minimum atomic E-state index is -0.663. The second kappa shape index (κ2) is 6.86. The van der Waals surface area contributed by atoms with E-state index in [1.54, 1.807) is 0 Å². The van der Waals surface area contributed by atoms with E-state index in [1.807, 2.05) is 13.8 Å². The highest BCUT2D eigenvalue weighted by Crippen LogP contribution is 2.02. The summed E-state index contributed by atoms with van der Waals surface area (Å²) < 4.78 is 9.80. The van der Waals surface area contributed by atoms with Crippen LogP contribution in [0.15, 0.2) is 0 Å². The molecule has 0 aliphatic heterocycles. The van der Waals surface area contributed by atoms with E-state index in [0.717, 1.165) is 12.8 Å². The molecule has 0 aliphatic carbocycles. The molecule has 0 aliphatic rings. The zero-order chi connectivity index (χ0) is 10.3. The molecule has 2 unspecified atom stereocenters. The molecule has 0 aromatic rings. The van der Waals surface area contributed by atoms with E-state index in [-0.39, 0.29) is 18.7 Å². The molecule has 4 heteroatoms. The van der Waals surface area contributed by atoms with Crippen LogP contribution in [0.4, 0.5) is 0 Å². The van der Waals surface area contributed by atoms with Gasteiger partial charge in [-0.25, -0.2) is 0 Å². The molecule has 0 rings (SSSR count).